The van der Waals surface area contributed by atoms with Crippen LogP contribution in [0.4, 0.5) is 11.4 Å². The van der Waals surface area contributed by atoms with E-state index in [0.717, 1.165) is 37.1 Å². The van der Waals surface area contributed by atoms with Gasteiger partial charge in [0.2, 0.25) is 5.91 Å². The summed E-state index contributed by atoms with van der Waals surface area (Å²) < 4.78 is 5.14. The molecule has 2 aromatic carbocycles. The number of amidine groups is 1. The molecule has 2 amide bonds. The van der Waals surface area contributed by atoms with E-state index in [-0.39, 0.29) is 36.0 Å². The fraction of sp³-hybridized carbons (Fsp3) is 0.405. The van der Waals surface area contributed by atoms with Crippen molar-refractivity contribution in [3.8, 4) is 0 Å². The Morgan fingerprint density at radius 3 is 2.46 bits per heavy atom. The molecule has 0 aliphatic carbocycles. The SMILES string of the molecule is C/C=C\C=C(/C)CN1CC(c2ccc(NC(=O)c3ccc4c(c3)N=C(N)CC(C(=O)N(CCC)CCC)=C4)cc2)[C@@H](C(=O)OC)C1. The van der Waals surface area contributed by atoms with Crippen LogP contribution in [0.1, 0.15) is 74.4 Å². The lowest BCUT2D eigenvalue weighted by molar-refractivity contribution is -0.145. The molecule has 0 aromatic heterocycles. The van der Waals surface area contributed by atoms with Gasteiger partial charge < -0.3 is 20.7 Å². The second kappa shape index (κ2) is 16.2. The Labute approximate surface area is 272 Å². The minimum atomic E-state index is -0.284. The molecular formula is C37H47N5O4. The number of carbonyl (C=O) groups is 3. The van der Waals surface area contributed by atoms with Gasteiger partial charge in [-0.05, 0) is 62.6 Å². The molecule has 2 aliphatic rings. The molecule has 244 valence electrons. The van der Waals surface area contributed by atoms with Gasteiger partial charge in [-0.1, -0.05) is 55.8 Å². The van der Waals surface area contributed by atoms with Gasteiger partial charge in [-0.25, -0.2) is 4.99 Å². The largest absolute Gasteiger partial charge is 0.469 e. The van der Waals surface area contributed by atoms with Crippen molar-refractivity contribution in [1.29, 1.82) is 0 Å². The summed E-state index contributed by atoms with van der Waals surface area (Å²) in [6.45, 7) is 11.7. The van der Waals surface area contributed by atoms with Crippen molar-refractivity contribution in [3.05, 3.63) is 88.5 Å². The Morgan fingerprint density at radius 1 is 1.09 bits per heavy atom. The van der Waals surface area contributed by atoms with E-state index in [1.165, 1.54) is 12.7 Å². The summed E-state index contributed by atoms with van der Waals surface area (Å²) in [5.41, 5.74) is 11.4. The minimum absolute atomic E-state index is 0.0135. The van der Waals surface area contributed by atoms with Crippen molar-refractivity contribution in [2.75, 3.05) is 45.2 Å². The molecule has 0 bridgehead atoms. The van der Waals surface area contributed by atoms with Crippen LogP contribution in [-0.2, 0) is 14.3 Å². The molecule has 2 heterocycles. The maximum atomic E-state index is 13.3. The number of fused-ring (bicyclic) bond motifs is 1. The average molecular weight is 626 g/mol. The Hall–Kier alpha value is -4.50. The fourth-order valence-corrected chi connectivity index (χ4v) is 6.15. The lowest BCUT2D eigenvalue weighted by atomic mass is 9.89. The van der Waals surface area contributed by atoms with E-state index < -0.39 is 0 Å². The van der Waals surface area contributed by atoms with Crippen molar-refractivity contribution in [1.82, 2.24) is 9.80 Å². The van der Waals surface area contributed by atoms with Crippen LogP contribution in [0.3, 0.4) is 0 Å². The smallest absolute Gasteiger partial charge is 0.310 e. The highest BCUT2D eigenvalue weighted by Gasteiger charge is 2.39. The summed E-state index contributed by atoms with van der Waals surface area (Å²) in [5.74, 6) is -0.469. The van der Waals surface area contributed by atoms with E-state index in [1.807, 2.05) is 54.3 Å². The first kappa shape index (κ1) is 34.4. The number of allylic oxidation sites excluding steroid dienone is 3. The zero-order valence-electron chi connectivity index (χ0n) is 27.7. The van der Waals surface area contributed by atoms with Gasteiger partial charge in [0.05, 0.1) is 18.7 Å². The van der Waals surface area contributed by atoms with E-state index >= 15 is 0 Å². The second-order valence-electron chi connectivity index (χ2n) is 12.1. The van der Waals surface area contributed by atoms with Crippen LogP contribution in [0, 0.1) is 5.92 Å². The first-order chi connectivity index (χ1) is 22.2. The molecule has 1 fully saturated rings. The summed E-state index contributed by atoms with van der Waals surface area (Å²) in [4.78, 5) is 47.9. The molecule has 2 aliphatic heterocycles. The number of anilines is 1. The standard InChI is InChI=1S/C37H47N5O4/c1-6-9-10-25(4)22-41-23-31(32(24-41)37(45)46-5)26-13-15-30(16-14-26)39-35(43)28-12-11-27-19-29(21-34(38)40-33(27)20-28)36(44)42(17-7-2)18-8-3/h6,9-16,19-20,31-32H,7-8,17-18,21-24H2,1-5H3,(H2,38,40)(H,39,43)/b9-6-,25-10+/t31?,32-/m0/s1. The number of nitrogens with zero attached hydrogens (tertiary/aromatic N) is 3. The second-order valence-corrected chi connectivity index (χ2v) is 12.1. The van der Waals surface area contributed by atoms with Crippen LogP contribution in [-0.4, -0.2) is 73.3 Å². The number of nitrogens with two attached hydrogens (primary N) is 1. The maximum absolute atomic E-state index is 13.3. The number of methoxy groups -OCH3 is 1. The molecule has 2 atom stereocenters. The normalized spacial score (nSPS) is 18.4. The number of aliphatic imine (C=N–C) groups is 1. The van der Waals surface area contributed by atoms with Gasteiger partial charge in [0.25, 0.3) is 5.91 Å². The van der Waals surface area contributed by atoms with Crippen LogP contribution in [0.25, 0.3) is 6.08 Å². The molecular weight excluding hydrogens is 578 g/mol. The van der Waals surface area contributed by atoms with E-state index in [0.29, 0.717) is 48.0 Å². The molecule has 1 saturated heterocycles. The summed E-state index contributed by atoms with van der Waals surface area (Å²) in [6.07, 6.45) is 9.96. The van der Waals surface area contributed by atoms with E-state index in [2.05, 4.69) is 42.1 Å². The Bertz CT molecular complexity index is 1530. The van der Waals surface area contributed by atoms with Crippen molar-refractivity contribution < 1.29 is 19.1 Å². The number of rotatable bonds is 12. The highest BCUT2D eigenvalue weighted by molar-refractivity contribution is 6.08. The van der Waals surface area contributed by atoms with Crippen LogP contribution < -0.4 is 11.1 Å². The van der Waals surface area contributed by atoms with E-state index in [1.54, 1.807) is 18.2 Å². The summed E-state index contributed by atoms with van der Waals surface area (Å²) in [6, 6.07) is 12.9. The van der Waals surface area contributed by atoms with Crippen LogP contribution in [0.2, 0.25) is 0 Å². The molecule has 0 radical (unpaired) electrons. The molecule has 0 spiro atoms. The third kappa shape index (κ3) is 8.60. The molecule has 46 heavy (non-hydrogen) atoms. The number of hydrogen-bond acceptors (Lipinski definition) is 7. The van der Waals surface area contributed by atoms with Gasteiger partial charge in [-0.15, -0.1) is 0 Å². The Morgan fingerprint density at radius 2 is 1.80 bits per heavy atom. The van der Waals surface area contributed by atoms with Crippen molar-refractivity contribution in [3.63, 3.8) is 0 Å². The third-order valence-electron chi connectivity index (χ3n) is 8.35. The molecule has 9 heteroatoms. The van der Waals surface area contributed by atoms with Crippen molar-refractivity contribution in [2.45, 2.75) is 52.9 Å². The molecule has 4 rings (SSSR count). The zero-order valence-corrected chi connectivity index (χ0v) is 27.7. The van der Waals surface area contributed by atoms with Crippen LogP contribution in [0.15, 0.2) is 76.8 Å². The van der Waals surface area contributed by atoms with Crippen molar-refractivity contribution in [2.24, 2.45) is 16.6 Å². The van der Waals surface area contributed by atoms with Gasteiger partial charge in [-0.2, -0.15) is 0 Å². The quantitative estimate of drug-likeness (QED) is 0.218. The van der Waals surface area contributed by atoms with Gasteiger partial charge in [0, 0.05) is 67.4 Å². The number of nitrogens with one attached hydrogen (secondary N) is 1. The highest BCUT2D eigenvalue weighted by Crippen LogP contribution is 2.35. The van der Waals surface area contributed by atoms with Crippen LogP contribution >= 0.6 is 0 Å². The predicted molar refractivity (Wildman–Crippen MR) is 185 cm³/mol. The number of benzene rings is 2. The summed E-state index contributed by atoms with van der Waals surface area (Å²) in [7, 11) is 1.43. The van der Waals surface area contributed by atoms with Gasteiger partial charge in [0.15, 0.2) is 0 Å². The number of carbonyl (C=O) groups excluding carboxylic acids is 3. The maximum Gasteiger partial charge on any atom is 0.310 e. The minimum Gasteiger partial charge on any atom is -0.469 e. The molecule has 9 nitrogen and oxygen atoms in total. The Balaban J connectivity index is 1.48. The number of ether oxygens (including phenoxy) is 1. The number of hydrogen-bond donors (Lipinski definition) is 2. The van der Waals surface area contributed by atoms with Gasteiger partial charge in [0.1, 0.15) is 5.84 Å². The van der Waals surface area contributed by atoms with Gasteiger partial charge in [-0.3, -0.25) is 19.3 Å². The van der Waals surface area contributed by atoms with Crippen LogP contribution in [0.5, 0.6) is 0 Å². The number of esters is 1. The lowest BCUT2D eigenvalue weighted by Gasteiger charge is -2.22. The molecule has 1 unspecified atom stereocenters. The molecule has 3 N–H and O–H groups in total. The van der Waals surface area contributed by atoms with E-state index in [9.17, 15) is 14.4 Å². The fourth-order valence-electron chi connectivity index (χ4n) is 6.15. The third-order valence-corrected chi connectivity index (χ3v) is 8.35. The Kier molecular flexibility index (Phi) is 12.1. The number of likely N-dealkylation sites (tertiary alicyclic amines) is 1. The lowest BCUT2D eigenvalue weighted by Crippen LogP contribution is -2.34. The zero-order chi connectivity index (χ0) is 33.2. The predicted octanol–water partition coefficient (Wildman–Crippen LogP) is 6.07. The first-order valence-corrected chi connectivity index (χ1v) is 16.1. The van der Waals surface area contributed by atoms with Crippen molar-refractivity contribution >= 4 is 41.1 Å². The topological polar surface area (TPSA) is 117 Å². The average Bonchev–Trinajstić information content (AvgIpc) is 3.38. The number of amides is 2. The van der Waals surface area contributed by atoms with Gasteiger partial charge >= 0.3 is 5.97 Å². The molecule has 0 saturated carbocycles. The van der Waals surface area contributed by atoms with E-state index in [4.69, 9.17) is 10.5 Å². The molecule has 2 aromatic rings. The monoisotopic (exact) mass is 625 g/mol. The summed E-state index contributed by atoms with van der Waals surface area (Å²) in [5, 5.41) is 2.97. The first-order valence-electron chi connectivity index (χ1n) is 16.1. The summed E-state index contributed by atoms with van der Waals surface area (Å²) >= 11 is 0. The highest BCUT2D eigenvalue weighted by atomic mass is 16.5.